The van der Waals surface area contributed by atoms with E-state index in [2.05, 4.69) is 26.1 Å². The Morgan fingerprint density at radius 2 is 2.00 bits per heavy atom. The number of aliphatic carboxylic acids is 1. The molecule has 0 aromatic carbocycles. The van der Waals surface area contributed by atoms with Crippen molar-refractivity contribution in [2.45, 2.75) is 58.9 Å². The largest absolute Gasteiger partial charge is 0.480 e. The van der Waals surface area contributed by atoms with Crippen molar-refractivity contribution < 1.29 is 14.7 Å². The average molecular weight is 253 g/mol. The van der Waals surface area contributed by atoms with Crippen molar-refractivity contribution in [2.24, 2.45) is 16.7 Å². The van der Waals surface area contributed by atoms with E-state index in [1.807, 2.05) is 0 Å². The summed E-state index contributed by atoms with van der Waals surface area (Å²) in [6.07, 6.45) is 4.55. The van der Waals surface area contributed by atoms with Gasteiger partial charge in [0.15, 0.2) is 0 Å². The molecule has 0 bridgehead atoms. The zero-order valence-electron chi connectivity index (χ0n) is 11.5. The summed E-state index contributed by atoms with van der Waals surface area (Å²) in [5.41, 5.74) is 0.382. The molecule has 0 aromatic rings. The van der Waals surface area contributed by atoms with Crippen LogP contribution in [0.25, 0.3) is 0 Å². The zero-order valence-corrected chi connectivity index (χ0v) is 11.5. The lowest BCUT2D eigenvalue weighted by Crippen LogP contribution is -2.42. The minimum Gasteiger partial charge on any atom is -0.480 e. The van der Waals surface area contributed by atoms with E-state index in [4.69, 9.17) is 5.11 Å². The van der Waals surface area contributed by atoms with Crippen molar-refractivity contribution in [2.75, 3.05) is 0 Å². The van der Waals surface area contributed by atoms with Crippen LogP contribution in [0.4, 0.5) is 0 Å². The van der Waals surface area contributed by atoms with Gasteiger partial charge in [-0.15, -0.1) is 0 Å². The predicted molar refractivity (Wildman–Crippen MR) is 68.0 cm³/mol. The number of carbonyl (C=O) groups is 2. The number of nitrogens with one attached hydrogen (secondary N) is 1. The van der Waals surface area contributed by atoms with Crippen LogP contribution in [0.5, 0.6) is 0 Å². The van der Waals surface area contributed by atoms with Crippen LogP contribution < -0.4 is 5.32 Å². The molecule has 2 saturated carbocycles. The monoisotopic (exact) mass is 253 g/mol. The summed E-state index contributed by atoms with van der Waals surface area (Å²) in [4.78, 5) is 23.1. The first-order valence-electron chi connectivity index (χ1n) is 6.77. The topological polar surface area (TPSA) is 66.4 Å². The van der Waals surface area contributed by atoms with E-state index in [0.717, 1.165) is 25.7 Å². The van der Waals surface area contributed by atoms with Crippen molar-refractivity contribution in [1.82, 2.24) is 5.32 Å². The highest BCUT2D eigenvalue weighted by molar-refractivity contribution is 5.87. The second kappa shape index (κ2) is 4.25. The van der Waals surface area contributed by atoms with E-state index in [1.165, 1.54) is 0 Å². The lowest BCUT2D eigenvalue weighted by atomic mass is 9.88. The maximum atomic E-state index is 11.9. The molecule has 2 aliphatic rings. The first-order valence-corrected chi connectivity index (χ1v) is 6.77. The lowest BCUT2D eigenvalue weighted by molar-refractivity contribution is -0.142. The number of hydrogen-bond acceptors (Lipinski definition) is 2. The van der Waals surface area contributed by atoms with E-state index in [0.29, 0.717) is 6.42 Å². The quantitative estimate of drug-likeness (QED) is 0.789. The normalized spacial score (nSPS) is 25.6. The van der Waals surface area contributed by atoms with E-state index in [9.17, 15) is 9.59 Å². The molecule has 2 rings (SSSR count). The van der Waals surface area contributed by atoms with Gasteiger partial charge >= 0.3 is 5.97 Å². The summed E-state index contributed by atoms with van der Waals surface area (Å²) in [5.74, 6) is -0.874. The highest BCUT2D eigenvalue weighted by atomic mass is 16.4. The molecule has 4 heteroatoms. The minimum absolute atomic E-state index is 0.0474. The summed E-state index contributed by atoms with van der Waals surface area (Å²) < 4.78 is 0. The summed E-state index contributed by atoms with van der Waals surface area (Å²) >= 11 is 0. The van der Waals surface area contributed by atoms with E-state index in [1.54, 1.807) is 0 Å². The first-order chi connectivity index (χ1) is 8.23. The summed E-state index contributed by atoms with van der Waals surface area (Å²) in [6, 6.07) is -0.729. The van der Waals surface area contributed by atoms with Gasteiger partial charge in [0.2, 0.25) is 5.91 Å². The van der Waals surface area contributed by atoms with Crippen molar-refractivity contribution >= 4 is 11.9 Å². The van der Waals surface area contributed by atoms with E-state index >= 15 is 0 Å². The molecule has 102 valence electrons. The third kappa shape index (κ3) is 3.03. The zero-order chi connectivity index (χ0) is 13.6. The smallest absolute Gasteiger partial charge is 0.326 e. The molecule has 0 saturated heterocycles. The molecule has 2 N–H and O–H groups in total. The number of carboxylic acids is 1. The average Bonchev–Trinajstić information content (AvgIpc) is 3.12. The molecule has 2 aliphatic carbocycles. The summed E-state index contributed by atoms with van der Waals surface area (Å²) in [6.45, 7) is 6.23. The van der Waals surface area contributed by atoms with E-state index < -0.39 is 12.0 Å². The Kier molecular flexibility index (Phi) is 3.16. The number of carboxylic acid groups (broad SMARTS) is 1. The standard InChI is InChI=1S/C14H23NO3/c1-13(2,3)5-4-10(12(17)18)15-11(16)9-8-14(9)6-7-14/h9-10H,4-8H2,1-3H3,(H,15,16)(H,17,18). The number of hydrogen-bond donors (Lipinski definition) is 2. The molecule has 0 aliphatic heterocycles. The third-order valence-corrected chi connectivity index (χ3v) is 4.20. The molecule has 18 heavy (non-hydrogen) atoms. The molecule has 2 fully saturated rings. The van der Waals surface area contributed by atoms with Gasteiger partial charge in [0.05, 0.1) is 0 Å². The Morgan fingerprint density at radius 1 is 1.39 bits per heavy atom. The lowest BCUT2D eigenvalue weighted by Gasteiger charge is -2.21. The molecule has 4 nitrogen and oxygen atoms in total. The van der Waals surface area contributed by atoms with Gasteiger partial charge in [-0.05, 0) is 42.9 Å². The van der Waals surface area contributed by atoms with Crippen LogP contribution in [0.3, 0.4) is 0 Å². The van der Waals surface area contributed by atoms with Crippen LogP contribution in [-0.2, 0) is 9.59 Å². The molecular formula is C14H23NO3. The van der Waals surface area contributed by atoms with Crippen molar-refractivity contribution in [1.29, 1.82) is 0 Å². The summed E-state index contributed by atoms with van der Waals surface area (Å²) in [5, 5.41) is 11.9. The number of carbonyl (C=O) groups excluding carboxylic acids is 1. The van der Waals surface area contributed by atoms with Crippen molar-refractivity contribution in [3.05, 3.63) is 0 Å². The fraction of sp³-hybridized carbons (Fsp3) is 0.857. The Bertz CT molecular complexity index is 366. The molecule has 1 spiro atoms. The molecule has 2 atom stereocenters. The molecule has 0 aromatic heterocycles. The van der Waals surface area contributed by atoms with Crippen molar-refractivity contribution in [3.63, 3.8) is 0 Å². The second-order valence-corrected chi connectivity index (χ2v) is 7.12. The summed E-state index contributed by atoms with van der Waals surface area (Å²) in [7, 11) is 0. The van der Waals surface area contributed by atoms with Crippen LogP contribution in [0.15, 0.2) is 0 Å². The SMILES string of the molecule is CC(C)(C)CCC(NC(=O)C1CC12CC2)C(=O)O. The molecule has 0 heterocycles. The van der Waals surface area contributed by atoms with Crippen LogP contribution in [-0.4, -0.2) is 23.0 Å². The molecule has 2 unspecified atom stereocenters. The van der Waals surface area contributed by atoms with Gasteiger partial charge in [-0.3, -0.25) is 4.79 Å². The Hall–Kier alpha value is -1.06. The molecule has 0 radical (unpaired) electrons. The van der Waals surface area contributed by atoms with Crippen LogP contribution in [0, 0.1) is 16.7 Å². The Balaban J connectivity index is 1.82. The van der Waals surface area contributed by atoms with Gasteiger partial charge in [0.25, 0.3) is 0 Å². The first kappa shape index (κ1) is 13.4. The maximum absolute atomic E-state index is 11.9. The number of amides is 1. The van der Waals surface area contributed by atoms with Gasteiger partial charge in [-0.2, -0.15) is 0 Å². The van der Waals surface area contributed by atoms with Gasteiger partial charge < -0.3 is 10.4 Å². The van der Waals surface area contributed by atoms with E-state index in [-0.39, 0.29) is 22.7 Å². The van der Waals surface area contributed by atoms with Gasteiger partial charge in [-0.25, -0.2) is 4.79 Å². The second-order valence-electron chi connectivity index (χ2n) is 7.12. The predicted octanol–water partition coefficient (Wildman–Crippen LogP) is 2.18. The Morgan fingerprint density at radius 3 is 2.39 bits per heavy atom. The maximum Gasteiger partial charge on any atom is 0.326 e. The van der Waals surface area contributed by atoms with Crippen LogP contribution in [0.2, 0.25) is 0 Å². The fourth-order valence-corrected chi connectivity index (χ4v) is 2.54. The minimum atomic E-state index is -0.918. The molecule has 1 amide bonds. The van der Waals surface area contributed by atoms with Gasteiger partial charge in [0.1, 0.15) is 6.04 Å². The highest BCUT2D eigenvalue weighted by Crippen LogP contribution is 2.70. The fourth-order valence-electron chi connectivity index (χ4n) is 2.54. The van der Waals surface area contributed by atoms with Gasteiger partial charge in [-0.1, -0.05) is 20.8 Å². The van der Waals surface area contributed by atoms with Gasteiger partial charge in [0, 0.05) is 5.92 Å². The van der Waals surface area contributed by atoms with Crippen LogP contribution in [0.1, 0.15) is 52.9 Å². The van der Waals surface area contributed by atoms with Crippen molar-refractivity contribution in [3.8, 4) is 0 Å². The molecular weight excluding hydrogens is 230 g/mol. The number of rotatable bonds is 5. The third-order valence-electron chi connectivity index (χ3n) is 4.20. The Labute approximate surface area is 108 Å². The van der Waals surface area contributed by atoms with Crippen LogP contribution >= 0.6 is 0 Å². The highest BCUT2D eigenvalue weighted by Gasteiger charge is 2.65.